The highest BCUT2D eigenvalue weighted by molar-refractivity contribution is 5.89. The molecule has 0 spiro atoms. The van der Waals surface area contributed by atoms with Crippen molar-refractivity contribution in [3.8, 4) is 0 Å². The second-order valence-electron chi connectivity index (χ2n) is 8.01. The Morgan fingerprint density at radius 2 is 1.64 bits per heavy atom. The zero-order chi connectivity index (χ0) is 20.3. The van der Waals surface area contributed by atoms with Gasteiger partial charge in [-0.1, -0.05) is 32.0 Å². The summed E-state index contributed by atoms with van der Waals surface area (Å²) in [6.45, 7) is 9.83. The molecule has 1 aliphatic rings. The maximum absolute atomic E-state index is 12.7. The standard InChI is InChI=1S/C23H32N4O/c1-17(2)21-8-6-7-18(3)22(21)26-13-15-27(16-14-26)23(28)24-19-9-11-20(12-10-19)25(4)5/h6-12,17H,13-16H2,1-5H3,(H,24,28). The van der Waals surface area contributed by atoms with E-state index in [2.05, 4.69) is 49.2 Å². The molecule has 1 heterocycles. The van der Waals surface area contributed by atoms with Crippen molar-refractivity contribution < 1.29 is 4.79 Å². The minimum Gasteiger partial charge on any atom is -0.378 e. The zero-order valence-corrected chi connectivity index (χ0v) is 17.7. The maximum Gasteiger partial charge on any atom is 0.321 e. The van der Waals surface area contributed by atoms with Crippen LogP contribution in [0.15, 0.2) is 42.5 Å². The predicted molar refractivity (Wildman–Crippen MR) is 119 cm³/mol. The van der Waals surface area contributed by atoms with Crippen molar-refractivity contribution in [2.45, 2.75) is 26.7 Å². The van der Waals surface area contributed by atoms with Crippen LogP contribution in [0.4, 0.5) is 21.9 Å². The van der Waals surface area contributed by atoms with Crippen molar-refractivity contribution in [3.63, 3.8) is 0 Å². The number of hydrogen-bond donors (Lipinski definition) is 1. The van der Waals surface area contributed by atoms with E-state index in [1.165, 1.54) is 16.8 Å². The molecule has 1 fully saturated rings. The van der Waals surface area contributed by atoms with Crippen LogP contribution in [0.5, 0.6) is 0 Å². The van der Waals surface area contributed by atoms with E-state index in [1.54, 1.807) is 0 Å². The smallest absolute Gasteiger partial charge is 0.321 e. The molecule has 2 aromatic carbocycles. The molecule has 0 unspecified atom stereocenters. The Bertz CT molecular complexity index is 806. The van der Waals surface area contributed by atoms with Crippen molar-refractivity contribution in [3.05, 3.63) is 53.6 Å². The number of nitrogens with one attached hydrogen (secondary N) is 1. The third kappa shape index (κ3) is 4.41. The van der Waals surface area contributed by atoms with Crippen LogP contribution in [0.2, 0.25) is 0 Å². The predicted octanol–water partition coefficient (Wildman–Crippen LogP) is 4.54. The number of carbonyl (C=O) groups excluding carboxylic acids is 1. The average molecular weight is 381 g/mol. The topological polar surface area (TPSA) is 38.8 Å². The first-order valence-corrected chi connectivity index (χ1v) is 10.0. The molecule has 0 saturated carbocycles. The molecule has 2 aromatic rings. The van der Waals surface area contributed by atoms with Crippen LogP contribution < -0.4 is 15.1 Å². The Labute approximate surface area is 168 Å². The molecule has 2 amide bonds. The number of aryl methyl sites for hydroxylation is 1. The molecule has 1 N–H and O–H groups in total. The maximum atomic E-state index is 12.7. The molecule has 1 aliphatic heterocycles. The fourth-order valence-electron chi connectivity index (χ4n) is 3.76. The largest absolute Gasteiger partial charge is 0.378 e. The highest BCUT2D eigenvalue weighted by Gasteiger charge is 2.24. The summed E-state index contributed by atoms with van der Waals surface area (Å²) in [4.78, 5) is 19.0. The summed E-state index contributed by atoms with van der Waals surface area (Å²) < 4.78 is 0. The number of hydrogen-bond acceptors (Lipinski definition) is 3. The van der Waals surface area contributed by atoms with E-state index in [0.717, 1.165) is 37.6 Å². The normalized spacial score (nSPS) is 14.4. The number of carbonyl (C=O) groups is 1. The number of amides is 2. The van der Waals surface area contributed by atoms with E-state index >= 15 is 0 Å². The summed E-state index contributed by atoms with van der Waals surface area (Å²) in [6.07, 6.45) is 0. The SMILES string of the molecule is Cc1cccc(C(C)C)c1N1CCN(C(=O)Nc2ccc(N(C)C)cc2)CC1. The van der Waals surface area contributed by atoms with Crippen LogP contribution in [-0.4, -0.2) is 51.2 Å². The van der Waals surface area contributed by atoms with Crippen molar-refractivity contribution in [2.24, 2.45) is 0 Å². The van der Waals surface area contributed by atoms with Gasteiger partial charge in [0.2, 0.25) is 0 Å². The molecular weight excluding hydrogens is 348 g/mol. The van der Waals surface area contributed by atoms with Gasteiger partial charge in [-0.15, -0.1) is 0 Å². The van der Waals surface area contributed by atoms with Crippen molar-refractivity contribution in [2.75, 3.05) is 55.4 Å². The quantitative estimate of drug-likeness (QED) is 0.846. The molecule has 5 nitrogen and oxygen atoms in total. The summed E-state index contributed by atoms with van der Waals surface area (Å²) in [5, 5.41) is 3.02. The first kappa shape index (κ1) is 20.1. The first-order chi connectivity index (χ1) is 13.4. The minimum atomic E-state index is -0.0221. The van der Waals surface area contributed by atoms with Gasteiger partial charge in [0.1, 0.15) is 0 Å². The van der Waals surface area contributed by atoms with Gasteiger partial charge >= 0.3 is 6.03 Å². The van der Waals surface area contributed by atoms with E-state index in [4.69, 9.17) is 0 Å². The number of rotatable bonds is 4. The Balaban J connectivity index is 1.62. The van der Waals surface area contributed by atoms with E-state index in [1.807, 2.05) is 48.2 Å². The Morgan fingerprint density at radius 3 is 2.21 bits per heavy atom. The second kappa shape index (κ2) is 8.55. The summed E-state index contributed by atoms with van der Waals surface area (Å²) in [5.74, 6) is 0.487. The number of para-hydroxylation sites is 1. The highest BCUT2D eigenvalue weighted by Crippen LogP contribution is 2.31. The number of benzene rings is 2. The Hall–Kier alpha value is -2.69. The minimum absolute atomic E-state index is 0.0221. The van der Waals surface area contributed by atoms with Crippen molar-refractivity contribution in [1.29, 1.82) is 0 Å². The van der Waals surface area contributed by atoms with Crippen LogP contribution in [0.1, 0.15) is 30.9 Å². The summed E-state index contributed by atoms with van der Waals surface area (Å²) in [5.41, 5.74) is 5.99. The van der Waals surface area contributed by atoms with Crippen LogP contribution >= 0.6 is 0 Å². The third-order valence-electron chi connectivity index (χ3n) is 5.41. The lowest BCUT2D eigenvalue weighted by atomic mass is 9.97. The molecule has 150 valence electrons. The van der Waals surface area contributed by atoms with Crippen LogP contribution in [0.3, 0.4) is 0 Å². The van der Waals surface area contributed by atoms with Gasteiger partial charge in [0.25, 0.3) is 0 Å². The molecule has 3 rings (SSSR count). The molecule has 0 bridgehead atoms. The summed E-state index contributed by atoms with van der Waals surface area (Å²) in [7, 11) is 4.01. The lowest BCUT2D eigenvalue weighted by molar-refractivity contribution is 0.208. The monoisotopic (exact) mass is 380 g/mol. The van der Waals surface area contributed by atoms with Gasteiger partial charge < -0.3 is 20.0 Å². The molecule has 0 atom stereocenters. The number of nitrogens with zero attached hydrogens (tertiary/aromatic N) is 3. The van der Waals surface area contributed by atoms with Crippen molar-refractivity contribution >= 4 is 23.1 Å². The van der Waals surface area contributed by atoms with Gasteiger partial charge in [-0.2, -0.15) is 0 Å². The van der Waals surface area contributed by atoms with E-state index < -0.39 is 0 Å². The Kier molecular flexibility index (Phi) is 6.12. The summed E-state index contributed by atoms with van der Waals surface area (Å²) in [6, 6.07) is 14.4. The van der Waals surface area contributed by atoms with Gasteiger partial charge in [-0.3, -0.25) is 0 Å². The number of anilines is 3. The van der Waals surface area contributed by atoms with Gasteiger partial charge in [0.15, 0.2) is 0 Å². The fraction of sp³-hybridized carbons (Fsp3) is 0.435. The summed E-state index contributed by atoms with van der Waals surface area (Å²) >= 11 is 0. The van der Waals surface area contributed by atoms with Gasteiger partial charge in [-0.05, 0) is 48.2 Å². The average Bonchev–Trinajstić information content (AvgIpc) is 2.68. The zero-order valence-electron chi connectivity index (χ0n) is 17.7. The van der Waals surface area contributed by atoms with Gasteiger partial charge in [-0.25, -0.2) is 4.79 Å². The lowest BCUT2D eigenvalue weighted by Gasteiger charge is -2.38. The highest BCUT2D eigenvalue weighted by atomic mass is 16.2. The third-order valence-corrected chi connectivity index (χ3v) is 5.41. The van der Waals surface area contributed by atoms with E-state index in [0.29, 0.717) is 5.92 Å². The van der Waals surface area contributed by atoms with Gasteiger partial charge in [0.05, 0.1) is 0 Å². The lowest BCUT2D eigenvalue weighted by Crippen LogP contribution is -2.50. The van der Waals surface area contributed by atoms with Crippen molar-refractivity contribution in [1.82, 2.24) is 4.90 Å². The van der Waals surface area contributed by atoms with Crippen LogP contribution in [0, 0.1) is 6.92 Å². The second-order valence-corrected chi connectivity index (χ2v) is 8.01. The Morgan fingerprint density at radius 1 is 1.00 bits per heavy atom. The van der Waals surface area contributed by atoms with E-state index in [-0.39, 0.29) is 6.03 Å². The molecule has 0 radical (unpaired) electrons. The number of urea groups is 1. The van der Waals surface area contributed by atoms with Crippen LogP contribution in [0.25, 0.3) is 0 Å². The van der Waals surface area contributed by atoms with E-state index in [9.17, 15) is 4.79 Å². The van der Waals surface area contributed by atoms with Crippen LogP contribution in [-0.2, 0) is 0 Å². The molecule has 0 aliphatic carbocycles. The molecule has 5 heteroatoms. The molecule has 28 heavy (non-hydrogen) atoms. The molecular formula is C23H32N4O. The molecule has 0 aromatic heterocycles. The fourth-order valence-corrected chi connectivity index (χ4v) is 3.76. The van der Waals surface area contributed by atoms with Gasteiger partial charge in [0, 0.05) is 57.3 Å². The number of piperazine rings is 1. The first-order valence-electron chi connectivity index (χ1n) is 10.0. The molecule has 1 saturated heterocycles.